The molecule has 1 aromatic rings. The van der Waals surface area contributed by atoms with Gasteiger partial charge >= 0.3 is 5.97 Å². The van der Waals surface area contributed by atoms with Gasteiger partial charge in [-0.15, -0.1) is 11.8 Å². The Morgan fingerprint density at radius 3 is 2.24 bits per heavy atom. The van der Waals surface area contributed by atoms with Crippen LogP contribution in [0.2, 0.25) is 0 Å². The number of aromatic nitrogens is 2. The van der Waals surface area contributed by atoms with Crippen LogP contribution in [0.3, 0.4) is 0 Å². The second-order valence-corrected chi connectivity index (χ2v) is 6.65. The summed E-state index contributed by atoms with van der Waals surface area (Å²) >= 11 is 1.34. The maximum Gasteiger partial charge on any atom is 0.326 e. The third-order valence-corrected chi connectivity index (χ3v) is 3.66. The van der Waals surface area contributed by atoms with Gasteiger partial charge in [0, 0.05) is 0 Å². The van der Waals surface area contributed by atoms with Gasteiger partial charge in [0.1, 0.15) is 16.9 Å². The molecule has 0 aliphatic carbocycles. The topological polar surface area (TPSA) is 92.2 Å². The molecule has 7 heteroatoms. The van der Waals surface area contributed by atoms with Gasteiger partial charge in [-0.05, 0) is 25.5 Å². The average molecular weight is 311 g/mol. The Morgan fingerprint density at radius 1 is 1.24 bits per heavy atom. The van der Waals surface area contributed by atoms with Crippen LogP contribution in [0.5, 0.6) is 0 Å². The molecule has 1 amide bonds. The monoisotopic (exact) mass is 311 g/mol. The number of hydrogen-bond acceptors (Lipinski definition) is 5. The van der Waals surface area contributed by atoms with Crippen molar-refractivity contribution in [1.29, 1.82) is 0 Å². The van der Waals surface area contributed by atoms with Crippen molar-refractivity contribution in [1.82, 2.24) is 15.3 Å². The number of nitrogens with one attached hydrogen (secondary N) is 1. The lowest BCUT2D eigenvalue weighted by Gasteiger charge is -2.28. The van der Waals surface area contributed by atoms with Gasteiger partial charge in [0.2, 0.25) is 0 Å². The van der Waals surface area contributed by atoms with Gasteiger partial charge in [-0.3, -0.25) is 4.79 Å². The minimum atomic E-state index is -1.06. The molecular weight excluding hydrogens is 290 g/mol. The van der Waals surface area contributed by atoms with Gasteiger partial charge in [-0.25, -0.2) is 14.8 Å². The molecule has 1 atom stereocenters. The van der Waals surface area contributed by atoms with E-state index in [1.54, 1.807) is 34.6 Å². The van der Waals surface area contributed by atoms with Crippen molar-refractivity contribution in [3.8, 4) is 0 Å². The first-order chi connectivity index (χ1) is 9.57. The van der Waals surface area contributed by atoms with E-state index in [4.69, 9.17) is 0 Å². The van der Waals surface area contributed by atoms with Crippen molar-refractivity contribution in [3.63, 3.8) is 0 Å². The molecule has 1 unspecified atom stereocenters. The Balaban J connectivity index is 3.18. The smallest absolute Gasteiger partial charge is 0.326 e. The number of thioether (sulfide) groups is 1. The summed E-state index contributed by atoms with van der Waals surface area (Å²) in [7, 11) is 0. The van der Waals surface area contributed by atoms with Gasteiger partial charge in [0.05, 0.1) is 11.3 Å². The summed E-state index contributed by atoms with van der Waals surface area (Å²) in [6, 6.07) is -0.986. The predicted octanol–water partition coefficient (Wildman–Crippen LogP) is 2.04. The van der Waals surface area contributed by atoms with E-state index in [9.17, 15) is 14.7 Å². The highest BCUT2D eigenvalue weighted by molar-refractivity contribution is 7.98. The van der Waals surface area contributed by atoms with E-state index in [1.807, 2.05) is 6.26 Å². The highest BCUT2D eigenvalue weighted by Crippen LogP contribution is 2.23. The third-order valence-electron chi connectivity index (χ3n) is 2.98. The summed E-state index contributed by atoms with van der Waals surface area (Å²) in [4.78, 5) is 32.2. The number of aliphatic carboxylic acids is 1. The van der Waals surface area contributed by atoms with Crippen molar-refractivity contribution < 1.29 is 14.7 Å². The van der Waals surface area contributed by atoms with Gasteiger partial charge in [0.15, 0.2) is 0 Å². The Labute approximate surface area is 128 Å². The van der Waals surface area contributed by atoms with Crippen LogP contribution >= 0.6 is 11.8 Å². The summed E-state index contributed by atoms with van der Waals surface area (Å²) in [5, 5.41) is 12.4. The Morgan fingerprint density at radius 2 is 1.81 bits per heavy atom. The molecule has 0 spiro atoms. The molecule has 2 N–H and O–H groups in total. The number of carboxylic acids is 1. The molecule has 0 radical (unpaired) electrons. The maximum absolute atomic E-state index is 12.5. The van der Waals surface area contributed by atoms with E-state index >= 15 is 0 Å². The van der Waals surface area contributed by atoms with Crippen LogP contribution in [0, 0.1) is 19.3 Å². The maximum atomic E-state index is 12.5. The minimum Gasteiger partial charge on any atom is -0.480 e. The standard InChI is InChI=1S/C14H21N3O3S/c1-7-9(12(21-6)16-8(2)15-7)11(18)17-10(13(19)20)14(3,4)5/h10H,1-6H3,(H,17,18)(H,19,20). The second kappa shape index (κ2) is 6.43. The van der Waals surface area contributed by atoms with E-state index in [1.165, 1.54) is 11.8 Å². The normalized spacial score (nSPS) is 12.9. The molecule has 6 nitrogen and oxygen atoms in total. The molecule has 0 saturated carbocycles. The van der Waals surface area contributed by atoms with E-state index in [0.717, 1.165) is 0 Å². The largest absolute Gasteiger partial charge is 0.480 e. The Kier molecular flexibility index (Phi) is 5.33. The Bertz CT molecular complexity index is 567. The zero-order valence-electron chi connectivity index (χ0n) is 13.1. The molecule has 0 aromatic carbocycles. The number of carbonyl (C=O) groups is 2. The quantitative estimate of drug-likeness (QED) is 0.653. The minimum absolute atomic E-state index is 0.337. The Hall–Kier alpha value is -1.63. The number of carbonyl (C=O) groups excluding carboxylic acids is 1. The molecule has 21 heavy (non-hydrogen) atoms. The number of carboxylic acid groups (broad SMARTS) is 1. The zero-order chi connectivity index (χ0) is 16.4. The number of nitrogens with zero attached hydrogens (tertiary/aromatic N) is 2. The molecule has 0 bridgehead atoms. The molecule has 0 aliphatic rings. The first-order valence-electron chi connectivity index (χ1n) is 6.50. The molecule has 116 valence electrons. The highest BCUT2D eigenvalue weighted by Gasteiger charge is 2.33. The van der Waals surface area contributed by atoms with Crippen LogP contribution in [0.25, 0.3) is 0 Å². The summed E-state index contributed by atoms with van der Waals surface area (Å²) in [6.07, 6.45) is 1.82. The lowest BCUT2D eigenvalue weighted by molar-refractivity contribution is -0.142. The van der Waals surface area contributed by atoms with Gasteiger partial charge in [0.25, 0.3) is 5.91 Å². The van der Waals surface area contributed by atoms with E-state index < -0.39 is 23.3 Å². The lowest BCUT2D eigenvalue weighted by atomic mass is 9.86. The van der Waals surface area contributed by atoms with E-state index in [-0.39, 0.29) is 0 Å². The lowest BCUT2D eigenvalue weighted by Crippen LogP contribution is -2.49. The molecule has 0 saturated heterocycles. The van der Waals surface area contributed by atoms with Gasteiger partial charge < -0.3 is 10.4 Å². The SMILES string of the molecule is CSc1nc(C)nc(C)c1C(=O)NC(C(=O)O)C(C)(C)C. The number of hydrogen-bond donors (Lipinski definition) is 2. The van der Waals surface area contributed by atoms with Gasteiger partial charge in [-0.1, -0.05) is 20.8 Å². The number of rotatable bonds is 4. The zero-order valence-corrected chi connectivity index (χ0v) is 14.0. The first-order valence-corrected chi connectivity index (χ1v) is 7.73. The first kappa shape index (κ1) is 17.4. The molecular formula is C14H21N3O3S. The number of aryl methyl sites for hydroxylation is 2. The van der Waals surface area contributed by atoms with Gasteiger partial charge in [-0.2, -0.15) is 0 Å². The van der Waals surface area contributed by atoms with Crippen LogP contribution in [0.4, 0.5) is 0 Å². The average Bonchev–Trinajstić information content (AvgIpc) is 2.32. The van der Waals surface area contributed by atoms with E-state index in [0.29, 0.717) is 22.1 Å². The van der Waals surface area contributed by atoms with Crippen LogP contribution in [-0.2, 0) is 4.79 Å². The van der Waals surface area contributed by atoms with Crippen LogP contribution in [-0.4, -0.2) is 39.2 Å². The van der Waals surface area contributed by atoms with Crippen LogP contribution in [0.15, 0.2) is 5.03 Å². The molecule has 1 heterocycles. The fourth-order valence-corrected chi connectivity index (χ4v) is 2.61. The van der Waals surface area contributed by atoms with Crippen LogP contribution in [0.1, 0.15) is 42.6 Å². The van der Waals surface area contributed by atoms with Crippen molar-refractivity contribution in [3.05, 3.63) is 17.1 Å². The summed E-state index contributed by atoms with van der Waals surface area (Å²) in [5.74, 6) is -0.939. The van der Waals surface area contributed by atoms with Crippen molar-refractivity contribution in [2.24, 2.45) is 5.41 Å². The van der Waals surface area contributed by atoms with Crippen molar-refractivity contribution in [2.45, 2.75) is 45.7 Å². The van der Waals surface area contributed by atoms with Crippen molar-refractivity contribution >= 4 is 23.6 Å². The molecule has 0 fully saturated rings. The fraction of sp³-hybridized carbons (Fsp3) is 0.571. The highest BCUT2D eigenvalue weighted by atomic mass is 32.2. The van der Waals surface area contributed by atoms with Crippen LogP contribution < -0.4 is 5.32 Å². The third kappa shape index (κ3) is 4.17. The predicted molar refractivity (Wildman–Crippen MR) is 81.6 cm³/mol. The molecule has 0 aliphatic heterocycles. The van der Waals surface area contributed by atoms with E-state index in [2.05, 4.69) is 15.3 Å². The number of amides is 1. The second-order valence-electron chi connectivity index (χ2n) is 5.85. The fourth-order valence-electron chi connectivity index (χ4n) is 1.94. The van der Waals surface area contributed by atoms with Crippen molar-refractivity contribution in [2.75, 3.05) is 6.26 Å². The summed E-state index contributed by atoms with van der Waals surface area (Å²) < 4.78 is 0. The summed E-state index contributed by atoms with van der Waals surface area (Å²) in [5.41, 5.74) is 0.284. The summed E-state index contributed by atoms with van der Waals surface area (Å²) in [6.45, 7) is 8.76. The molecule has 1 aromatic heterocycles. The molecule has 1 rings (SSSR count).